The number of guanidine groups is 1. The minimum absolute atomic E-state index is 0.0862. The molecule has 4 rings (SSSR count). The molecular weight excluding hydrogens is 369 g/mol. The zero-order chi connectivity index (χ0) is 19.8. The molecule has 1 aliphatic carbocycles. The van der Waals surface area contributed by atoms with Crippen molar-refractivity contribution in [1.82, 2.24) is 14.7 Å². The second-order valence-electron chi connectivity index (χ2n) is 7.89. The summed E-state index contributed by atoms with van der Waals surface area (Å²) in [5.41, 5.74) is -0.825. The average Bonchev–Trinajstić information content (AvgIpc) is 2.99. The third kappa shape index (κ3) is 3.54. The van der Waals surface area contributed by atoms with E-state index in [-0.39, 0.29) is 6.54 Å². The van der Waals surface area contributed by atoms with Gasteiger partial charge in [-0.1, -0.05) is 23.8 Å². The van der Waals surface area contributed by atoms with E-state index in [0.29, 0.717) is 38.7 Å². The van der Waals surface area contributed by atoms with Gasteiger partial charge in [0, 0.05) is 26.2 Å². The maximum atomic E-state index is 14.1. The minimum atomic E-state index is -4.33. The molecule has 3 heterocycles. The van der Waals surface area contributed by atoms with Crippen molar-refractivity contribution in [1.29, 1.82) is 0 Å². The van der Waals surface area contributed by atoms with Crippen molar-refractivity contribution in [3.63, 3.8) is 0 Å². The second kappa shape index (κ2) is 7.46. The van der Waals surface area contributed by atoms with E-state index in [1.165, 1.54) is 11.8 Å². The minimum Gasteiger partial charge on any atom is -0.378 e. The number of rotatable bonds is 4. The van der Waals surface area contributed by atoms with Gasteiger partial charge in [-0.2, -0.15) is 18.2 Å². The fourth-order valence-electron chi connectivity index (χ4n) is 4.21. The van der Waals surface area contributed by atoms with Crippen LogP contribution in [0.2, 0.25) is 0 Å². The highest BCUT2D eigenvalue weighted by Crippen LogP contribution is 2.42. The van der Waals surface area contributed by atoms with Crippen LogP contribution in [-0.4, -0.2) is 78.3 Å². The normalized spacial score (nSPS) is 28.1. The fourth-order valence-corrected chi connectivity index (χ4v) is 4.21. The molecule has 0 unspecified atom stereocenters. The van der Waals surface area contributed by atoms with Crippen molar-refractivity contribution in [3.05, 3.63) is 35.7 Å². The first-order chi connectivity index (χ1) is 13.4. The highest BCUT2D eigenvalue weighted by Gasteiger charge is 2.61. The van der Waals surface area contributed by atoms with Crippen LogP contribution in [0.15, 0.2) is 40.7 Å². The number of alkyl halides is 3. The molecule has 154 valence electrons. The van der Waals surface area contributed by atoms with Crippen LogP contribution in [0.25, 0.3) is 0 Å². The molecule has 4 aliphatic rings. The first-order valence-corrected chi connectivity index (χ1v) is 9.95. The van der Waals surface area contributed by atoms with Gasteiger partial charge < -0.3 is 19.4 Å². The van der Waals surface area contributed by atoms with Crippen LogP contribution in [0.1, 0.15) is 26.2 Å². The van der Waals surface area contributed by atoms with E-state index in [4.69, 9.17) is 4.74 Å². The Morgan fingerprint density at radius 3 is 2.61 bits per heavy atom. The lowest BCUT2D eigenvalue weighted by Gasteiger charge is -2.37. The van der Waals surface area contributed by atoms with E-state index in [0.717, 1.165) is 37.3 Å². The number of ether oxygens (including phenoxy) is 1. The number of allylic oxidation sites excluding steroid dienone is 3. The Hall–Kier alpha value is -1.96. The van der Waals surface area contributed by atoms with E-state index in [1.807, 2.05) is 12.2 Å². The molecule has 0 aromatic carbocycles. The van der Waals surface area contributed by atoms with Gasteiger partial charge >= 0.3 is 6.18 Å². The standard InChI is InChI=1S/C20H27F3N4O/c1-19(20(21,22)23)15-26-9-8-17(25-11-13-28-14-12-25)24-18(26)27(19)10-7-16-5-3-2-4-6-16/h3,5-6,8H,2,4,7,9-15H2,1H3/t19-/m0/s1. The van der Waals surface area contributed by atoms with Crippen molar-refractivity contribution >= 4 is 5.96 Å². The zero-order valence-corrected chi connectivity index (χ0v) is 16.2. The Kier molecular flexibility index (Phi) is 5.16. The lowest BCUT2D eigenvalue weighted by atomic mass is 9.99. The van der Waals surface area contributed by atoms with Crippen molar-refractivity contribution in [2.45, 2.75) is 37.9 Å². The highest BCUT2D eigenvalue weighted by atomic mass is 19.4. The van der Waals surface area contributed by atoms with Gasteiger partial charge in [0.2, 0.25) is 5.96 Å². The third-order valence-corrected chi connectivity index (χ3v) is 5.97. The SMILES string of the molecule is C[C@@]1(C(F)(F)F)CN2CC=C(N3CCOCC3)N=C2N1CCC1=CCCC=C1. The number of hydrogen-bond donors (Lipinski definition) is 0. The monoisotopic (exact) mass is 396 g/mol. The molecule has 28 heavy (non-hydrogen) atoms. The summed E-state index contributed by atoms with van der Waals surface area (Å²) in [6.07, 6.45) is 6.40. The molecule has 0 spiro atoms. The third-order valence-electron chi connectivity index (χ3n) is 5.97. The Bertz CT molecular complexity index is 721. The van der Waals surface area contributed by atoms with Crippen LogP contribution in [0, 0.1) is 0 Å². The van der Waals surface area contributed by atoms with Crippen LogP contribution < -0.4 is 0 Å². The molecule has 0 aromatic heterocycles. The van der Waals surface area contributed by atoms with Crippen molar-refractivity contribution in [2.24, 2.45) is 4.99 Å². The predicted molar refractivity (Wildman–Crippen MR) is 102 cm³/mol. The van der Waals surface area contributed by atoms with Crippen LogP contribution in [0.4, 0.5) is 13.2 Å². The van der Waals surface area contributed by atoms with Crippen LogP contribution in [-0.2, 0) is 4.74 Å². The van der Waals surface area contributed by atoms with E-state index in [9.17, 15) is 13.2 Å². The summed E-state index contributed by atoms with van der Waals surface area (Å²) in [6, 6.07) is 0. The zero-order valence-electron chi connectivity index (χ0n) is 16.2. The van der Waals surface area contributed by atoms with Gasteiger partial charge in [-0.05, 0) is 32.3 Å². The lowest BCUT2D eigenvalue weighted by molar-refractivity contribution is -0.207. The first kappa shape index (κ1) is 19.4. The van der Waals surface area contributed by atoms with Gasteiger partial charge in [-0.3, -0.25) is 0 Å². The topological polar surface area (TPSA) is 31.3 Å². The Morgan fingerprint density at radius 2 is 1.93 bits per heavy atom. The predicted octanol–water partition coefficient (Wildman–Crippen LogP) is 3.13. The molecule has 0 N–H and O–H groups in total. The molecule has 0 aromatic rings. The summed E-state index contributed by atoms with van der Waals surface area (Å²) < 4.78 is 47.6. The highest BCUT2D eigenvalue weighted by molar-refractivity contribution is 5.85. The largest absolute Gasteiger partial charge is 0.413 e. The van der Waals surface area contributed by atoms with Gasteiger partial charge in [-0.15, -0.1) is 0 Å². The lowest BCUT2D eigenvalue weighted by Crippen LogP contribution is -2.56. The van der Waals surface area contributed by atoms with Gasteiger partial charge in [0.15, 0.2) is 5.54 Å². The molecule has 2 fully saturated rings. The maximum absolute atomic E-state index is 14.1. The van der Waals surface area contributed by atoms with E-state index in [1.54, 1.807) is 4.90 Å². The number of fused-ring (bicyclic) bond motifs is 1. The van der Waals surface area contributed by atoms with Crippen molar-refractivity contribution in [3.8, 4) is 0 Å². The number of nitrogens with zero attached hydrogens (tertiary/aromatic N) is 4. The van der Waals surface area contributed by atoms with Gasteiger partial charge in [0.1, 0.15) is 5.82 Å². The molecule has 5 nitrogen and oxygen atoms in total. The maximum Gasteiger partial charge on any atom is 0.413 e. The summed E-state index contributed by atoms with van der Waals surface area (Å²) >= 11 is 0. The summed E-state index contributed by atoms with van der Waals surface area (Å²) in [7, 11) is 0. The summed E-state index contributed by atoms with van der Waals surface area (Å²) in [5, 5.41) is 0. The number of aliphatic imine (C=N–C) groups is 1. The fraction of sp³-hybridized carbons (Fsp3) is 0.650. The molecule has 0 bridgehead atoms. The number of hydrogen-bond acceptors (Lipinski definition) is 5. The molecule has 3 aliphatic heterocycles. The Labute approximate surface area is 163 Å². The van der Waals surface area contributed by atoms with Crippen molar-refractivity contribution in [2.75, 3.05) is 45.9 Å². The molecule has 0 amide bonds. The molecular formula is C20H27F3N4O. The van der Waals surface area contributed by atoms with Gasteiger partial charge in [-0.25, -0.2) is 0 Å². The molecule has 2 saturated heterocycles. The van der Waals surface area contributed by atoms with E-state index in [2.05, 4.69) is 22.0 Å². The van der Waals surface area contributed by atoms with E-state index < -0.39 is 11.7 Å². The van der Waals surface area contributed by atoms with Gasteiger partial charge in [0.25, 0.3) is 0 Å². The van der Waals surface area contributed by atoms with E-state index >= 15 is 0 Å². The quantitative estimate of drug-likeness (QED) is 0.731. The van der Waals surface area contributed by atoms with Gasteiger partial charge in [0.05, 0.1) is 19.8 Å². The molecule has 1 atom stereocenters. The smallest absolute Gasteiger partial charge is 0.378 e. The van der Waals surface area contributed by atoms with Crippen molar-refractivity contribution < 1.29 is 17.9 Å². The molecule has 0 radical (unpaired) electrons. The first-order valence-electron chi connectivity index (χ1n) is 9.95. The Morgan fingerprint density at radius 1 is 1.14 bits per heavy atom. The number of halogens is 3. The summed E-state index contributed by atoms with van der Waals surface area (Å²) in [4.78, 5) is 10.0. The summed E-state index contributed by atoms with van der Waals surface area (Å²) in [5.74, 6) is 1.21. The Balaban J connectivity index is 1.59. The van der Waals surface area contributed by atoms with Crippen LogP contribution >= 0.6 is 0 Å². The average molecular weight is 396 g/mol. The second-order valence-corrected chi connectivity index (χ2v) is 7.89. The van der Waals surface area contributed by atoms with Crippen LogP contribution in [0.3, 0.4) is 0 Å². The van der Waals surface area contributed by atoms with Crippen LogP contribution in [0.5, 0.6) is 0 Å². The molecule has 8 heteroatoms. The number of morpholine rings is 1. The summed E-state index contributed by atoms with van der Waals surface area (Å²) in [6.45, 7) is 4.65. The molecule has 0 saturated carbocycles.